The van der Waals surface area contributed by atoms with Crippen LogP contribution in [0.1, 0.15) is 16.0 Å². The molecule has 0 atom stereocenters. The molecule has 0 fully saturated rings. The fraction of sp³-hybridized carbons (Fsp3) is 0.190. The van der Waals surface area contributed by atoms with Crippen molar-refractivity contribution < 1.29 is 17.9 Å². The number of anilines is 2. The van der Waals surface area contributed by atoms with Crippen molar-refractivity contribution in [3.05, 3.63) is 61.7 Å². The average molecular weight is 508 g/mol. The van der Waals surface area contributed by atoms with E-state index in [9.17, 15) is 13.2 Å². The molecule has 176 valence electrons. The van der Waals surface area contributed by atoms with Crippen LogP contribution in [0.15, 0.2) is 35.1 Å². The number of nitrogens with one attached hydrogen (secondary N) is 1. The monoisotopic (exact) mass is 507 g/mol. The van der Waals surface area contributed by atoms with Gasteiger partial charge in [-0.25, -0.2) is 9.97 Å². The highest BCUT2D eigenvalue weighted by molar-refractivity contribution is 7.10. The molecule has 13 heteroatoms. The number of aryl methyl sites for hydroxylation is 1. The number of aromatic nitrogens is 2. The lowest BCUT2D eigenvalue weighted by Gasteiger charge is -2.25. The van der Waals surface area contributed by atoms with Crippen molar-refractivity contribution in [1.29, 1.82) is 0 Å². The van der Waals surface area contributed by atoms with E-state index in [0.717, 1.165) is 4.88 Å². The molecule has 8 nitrogen and oxygen atoms in total. The third-order valence-corrected chi connectivity index (χ3v) is 6.62. The molecule has 4 heterocycles. The van der Waals surface area contributed by atoms with Crippen molar-refractivity contribution in [3.63, 3.8) is 0 Å². The van der Waals surface area contributed by atoms with Crippen LogP contribution >= 0.6 is 22.9 Å². The summed E-state index contributed by atoms with van der Waals surface area (Å²) in [5.74, 6) is 1.26. The van der Waals surface area contributed by atoms with Crippen LogP contribution in [-0.4, -0.2) is 21.5 Å². The quantitative estimate of drug-likeness (QED) is 0.499. The van der Waals surface area contributed by atoms with Crippen LogP contribution in [0.25, 0.3) is 17.1 Å². The van der Waals surface area contributed by atoms with E-state index in [1.165, 1.54) is 36.7 Å². The number of halogens is 4. The summed E-state index contributed by atoms with van der Waals surface area (Å²) in [6, 6.07) is 2.60. The summed E-state index contributed by atoms with van der Waals surface area (Å²) in [5.41, 5.74) is 12.1. The SMILES string of the molecule is Cc1cc(N)nc(-c2cc3c4c(c2Cl)=NCNC=4N(Cc2scnc2N)C=CO3)c1C(F)(F)F. The van der Waals surface area contributed by atoms with Crippen molar-refractivity contribution in [2.24, 2.45) is 4.99 Å². The molecule has 34 heavy (non-hydrogen) atoms. The van der Waals surface area contributed by atoms with Gasteiger partial charge < -0.3 is 26.4 Å². The lowest BCUT2D eigenvalue weighted by Crippen LogP contribution is -2.43. The highest BCUT2D eigenvalue weighted by atomic mass is 35.5. The van der Waals surface area contributed by atoms with E-state index in [1.807, 2.05) is 4.90 Å². The van der Waals surface area contributed by atoms with E-state index >= 15 is 0 Å². The molecule has 2 aliphatic rings. The van der Waals surface area contributed by atoms with E-state index in [2.05, 4.69) is 20.3 Å². The maximum atomic E-state index is 14.0. The van der Waals surface area contributed by atoms with Crippen LogP contribution in [0.2, 0.25) is 5.02 Å². The topological polar surface area (TPSA) is 115 Å². The Morgan fingerprint density at radius 2 is 2.09 bits per heavy atom. The Balaban J connectivity index is 1.76. The summed E-state index contributed by atoms with van der Waals surface area (Å²) in [6.45, 7) is 1.88. The molecule has 0 radical (unpaired) electrons. The number of hydrogen-bond donors (Lipinski definition) is 3. The van der Waals surface area contributed by atoms with Gasteiger partial charge >= 0.3 is 6.18 Å². The molecular weight excluding hydrogens is 491 g/mol. The molecule has 0 bridgehead atoms. The van der Waals surface area contributed by atoms with Crippen molar-refractivity contribution in [2.75, 3.05) is 18.1 Å². The number of nitrogens with two attached hydrogens (primary N) is 2. The number of nitrogens with zero attached hydrogens (tertiary/aromatic N) is 4. The minimum absolute atomic E-state index is 0.0171. The molecule has 2 aromatic heterocycles. The number of pyridine rings is 1. The highest BCUT2D eigenvalue weighted by Gasteiger charge is 2.38. The van der Waals surface area contributed by atoms with Gasteiger partial charge in [0.1, 0.15) is 36.1 Å². The van der Waals surface area contributed by atoms with Crippen LogP contribution in [0.3, 0.4) is 0 Å². The summed E-state index contributed by atoms with van der Waals surface area (Å²) < 4.78 is 47.7. The molecule has 0 saturated heterocycles. The number of ether oxygens (including phenoxy) is 1. The Kier molecular flexibility index (Phi) is 5.29. The maximum Gasteiger partial charge on any atom is 0.418 e. The number of hydrogen-bond acceptors (Lipinski definition) is 9. The Bertz CT molecular complexity index is 1470. The zero-order chi connectivity index (χ0) is 24.2. The van der Waals surface area contributed by atoms with Gasteiger partial charge in [0.2, 0.25) is 0 Å². The predicted molar refractivity (Wildman–Crippen MR) is 123 cm³/mol. The third-order valence-electron chi connectivity index (χ3n) is 5.41. The zero-order valence-corrected chi connectivity index (χ0v) is 19.1. The van der Waals surface area contributed by atoms with Gasteiger partial charge in [-0.1, -0.05) is 11.6 Å². The van der Waals surface area contributed by atoms with Crippen LogP contribution in [-0.2, 0) is 12.7 Å². The standard InChI is InChI=1S/C21H17ClF3N7OS/c1-9-4-13(26)31-17(15(9)21(23,24)25)10-5-11-14-18(16(10)22)28-7-29-20(14)32(2-3-33-11)6-12-19(27)30-8-34-12/h2-5,8,29H,6-7,27H2,1H3,(H2,26,31). The molecule has 3 aromatic rings. The number of benzene rings is 1. The molecule has 0 saturated carbocycles. The lowest BCUT2D eigenvalue weighted by atomic mass is 9.99. The van der Waals surface area contributed by atoms with Crippen LogP contribution in [0, 0.1) is 6.92 Å². The molecule has 0 unspecified atom stereocenters. The van der Waals surface area contributed by atoms with Gasteiger partial charge in [-0.05, 0) is 24.6 Å². The second kappa shape index (κ2) is 8.06. The van der Waals surface area contributed by atoms with Gasteiger partial charge in [0.15, 0.2) is 0 Å². The van der Waals surface area contributed by atoms with Crippen molar-refractivity contribution in [2.45, 2.75) is 19.6 Å². The second-order valence-corrected chi connectivity index (χ2v) is 8.90. The van der Waals surface area contributed by atoms with Gasteiger partial charge in [-0.2, -0.15) is 13.2 Å². The van der Waals surface area contributed by atoms with Crippen LogP contribution in [0.5, 0.6) is 5.75 Å². The summed E-state index contributed by atoms with van der Waals surface area (Å²) in [7, 11) is 0. The van der Waals surface area contributed by atoms with E-state index in [4.69, 9.17) is 27.8 Å². The molecular formula is C21H17ClF3N7OS. The van der Waals surface area contributed by atoms with Gasteiger partial charge in [0, 0.05) is 11.8 Å². The Morgan fingerprint density at radius 3 is 2.79 bits per heavy atom. The van der Waals surface area contributed by atoms with E-state index in [1.54, 1.807) is 11.7 Å². The first kappa shape index (κ1) is 22.3. The number of alkyl halides is 3. The normalized spacial score (nSPS) is 14.7. The first-order valence-electron chi connectivity index (χ1n) is 9.92. The van der Waals surface area contributed by atoms with Gasteiger partial charge in [-0.15, -0.1) is 11.3 Å². The largest absolute Gasteiger partial charge is 0.463 e. The second-order valence-electron chi connectivity index (χ2n) is 7.58. The van der Waals surface area contributed by atoms with Crippen LogP contribution in [0.4, 0.5) is 24.8 Å². The summed E-state index contributed by atoms with van der Waals surface area (Å²) >= 11 is 8.08. The number of rotatable bonds is 3. The van der Waals surface area contributed by atoms with Crippen molar-refractivity contribution in [3.8, 4) is 17.0 Å². The number of thiazole rings is 1. The average Bonchev–Trinajstić information content (AvgIpc) is 3.07. The number of nitrogen functional groups attached to an aromatic ring is 2. The Morgan fingerprint density at radius 1 is 1.29 bits per heavy atom. The van der Waals surface area contributed by atoms with Crippen molar-refractivity contribution in [1.82, 2.24) is 20.2 Å². The molecule has 2 aliphatic heterocycles. The fourth-order valence-corrected chi connectivity index (χ4v) is 4.96. The summed E-state index contributed by atoms with van der Waals surface area (Å²) in [5, 5.41) is 4.02. The molecule has 5 rings (SSSR count). The Labute approximate surface area is 200 Å². The molecule has 5 N–H and O–H groups in total. The molecule has 0 amide bonds. The minimum Gasteiger partial charge on any atom is -0.463 e. The highest BCUT2D eigenvalue weighted by Crippen LogP contribution is 2.41. The fourth-order valence-electron chi connectivity index (χ4n) is 3.98. The van der Waals surface area contributed by atoms with E-state index in [-0.39, 0.29) is 40.1 Å². The molecule has 1 aromatic carbocycles. The summed E-state index contributed by atoms with van der Waals surface area (Å²) in [4.78, 5) is 15.2. The minimum atomic E-state index is -4.67. The first-order valence-corrected chi connectivity index (χ1v) is 11.2. The summed E-state index contributed by atoms with van der Waals surface area (Å²) in [6.07, 6.45) is -1.55. The van der Waals surface area contributed by atoms with Crippen molar-refractivity contribution >= 4 is 40.4 Å². The smallest absolute Gasteiger partial charge is 0.418 e. The lowest BCUT2D eigenvalue weighted by molar-refractivity contribution is -0.137. The van der Waals surface area contributed by atoms with Gasteiger partial charge in [0.05, 0.1) is 43.8 Å². The third kappa shape index (κ3) is 3.68. The first-order chi connectivity index (χ1) is 16.1. The Hall–Kier alpha value is -3.51. The zero-order valence-electron chi connectivity index (χ0n) is 17.6. The predicted octanol–water partition coefficient (Wildman–Crippen LogP) is 2.96. The van der Waals surface area contributed by atoms with Gasteiger partial charge in [0.25, 0.3) is 0 Å². The molecule has 0 spiro atoms. The van der Waals surface area contributed by atoms with E-state index in [0.29, 0.717) is 28.8 Å². The van der Waals surface area contributed by atoms with E-state index < -0.39 is 11.7 Å². The molecule has 0 aliphatic carbocycles. The maximum absolute atomic E-state index is 14.0. The van der Waals surface area contributed by atoms with Crippen LogP contribution < -0.4 is 32.1 Å². The van der Waals surface area contributed by atoms with Gasteiger partial charge in [-0.3, -0.25) is 4.99 Å².